The molecule has 2 aromatic carbocycles. The van der Waals surface area contributed by atoms with Gasteiger partial charge in [0.25, 0.3) is 0 Å². The Morgan fingerprint density at radius 2 is 1.69 bits per heavy atom. The van der Waals surface area contributed by atoms with Gasteiger partial charge in [-0.15, -0.1) is 0 Å². The molecule has 0 spiro atoms. The van der Waals surface area contributed by atoms with Crippen molar-refractivity contribution in [2.24, 2.45) is 0 Å². The molecule has 2 amide bonds. The highest BCUT2D eigenvalue weighted by molar-refractivity contribution is 6.30. The van der Waals surface area contributed by atoms with Gasteiger partial charge in [0.2, 0.25) is 5.91 Å². The van der Waals surface area contributed by atoms with E-state index in [1.807, 2.05) is 0 Å². The average molecular weight is 378 g/mol. The SMILES string of the molecule is COCCOC(=O)Nc1cccc(NCC(=O)Nc2ccc(Cl)cc2)c1. The average Bonchev–Trinajstić information content (AvgIpc) is 2.62. The summed E-state index contributed by atoms with van der Waals surface area (Å²) in [7, 11) is 1.53. The Balaban J connectivity index is 1.81. The zero-order valence-corrected chi connectivity index (χ0v) is 15.0. The number of anilines is 3. The molecular weight excluding hydrogens is 358 g/mol. The molecule has 0 saturated heterocycles. The van der Waals surface area contributed by atoms with Crippen LogP contribution in [0, 0.1) is 0 Å². The quantitative estimate of drug-likeness (QED) is 0.612. The minimum atomic E-state index is -0.570. The maximum absolute atomic E-state index is 12.0. The summed E-state index contributed by atoms with van der Waals surface area (Å²) in [5.41, 5.74) is 1.90. The molecule has 0 aliphatic rings. The summed E-state index contributed by atoms with van der Waals surface area (Å²) in [4.78, 5) is 23.6. The highest BCUT2D eigenvalue weighted by Crippen LogP contribution is 2.16. The smallest absolute Gasteiger partial charge is 0.411 e. The fourth-order valence-corrected chi connectivity index (χ4v) is 2.13. The Morgan fingerprint density at radius 3 is 2.42 bits per heavy atom. The fraction of sp³-hybridized carbons (Fsp3) is 0.222. The number of ether oxygens (including phenoxy) is 2. The van der Waals surface area contributed by atoms with Gasteiger partial charge in [-0.3, -0.25) is 10.1 Å². The lowest BCUT2D eigenvalue weighted by atomic mass is 10.2. The molecule has 0 heterocycles. The van der Waals surface area contributed by atoms with Crippen molar-refractivity contribution >= 4 is 40.7 Å². The molecule has 0 aromatic heterocycles. The number of hydrogen-bond donors (Lipinski definition) is 3. The Labute approximate surface area is 156 Å². The van der Waals surface area contributed by atoms with Crippen molar-refractivity contribution in [1.29, 1.82) is 0 Å². The molecule has 0 unspecified atom stereocenters. The Morgan fingerprint density at radius 1 is 0.962 bits per heavy atom. The van der Waals surface area contributed by atoms with Crippen LogP contribution in [0.25, 0.3) is 0 Å². The molecule has 2 rings (SSSR count). The summed E-state index contributed by atoms with van der Waals surface area (Å²) in [6, 6.07) is 13.8. The minimum Gasteiger partial charge on any atom is -0.447 e. The number of nitrogens with one attached hydrogen (secondary N) is 3. The van der Waals surface area contributed by atoms with Crippen LogP contribution in [0.5, 0.6) is 0 Å². The second-order valence-corrected chi connectivity index (χ2v) is 5.68. The first-order valence-electron chi connectivity index (χ1n) is 7.89. The lowest BCUT2D eigenvalue weighted by Crippen LogP contribution is -2.21. The third-order valence-corrected chi connectivity index (χ3v) is 3.46. The first kappa shape index (κ1) is 19.6. The van der Waals surface area contributed by atoms with Crippen LogP contribution in [-0.2, 0) is 14.3 Å². The van der Waals surface area contributed by atoms with E-state index in [0.717, 1.165) is 0 Å². The van der Waals surface area contributed by atoms with E-state index in [1.54, 1.807) is 48.5 Å². The van der Waals surface area contributed by atoms with E-state index in [0.29, 0.717) is 28.7 Å². The molecule has 0 fully saturated rings. The third kappa shape index (κ3) is 7.00. The molecule has 26 heavy (non-hydrogen) atoms. The highest BCUT2D eigenvalue weighted by atomic mass is 35.5. The molecular formula is C18H20ClN3O4. The van der Waals surface area contributed by atoms with Gasteiger partial charge in [0, 0.05) is 29.2 Å². The summed E-state index contributed by atoms with van der Waals surface area (Å²) in [6.45, 7) is 0.577. The predicted octanol–water partition coefficient (Wildman–Crippen LogP) is 3.59. The van der Waals surface area contributed by atoms with Crippen molar-refractivity contribution in [2.45, 2.75) is 0 Å². The van der Waals surface area contributed by atoms with Crippen LogP contribution in [0.1, 0.15) is 0 Å². The normalized spacial score (nSPS) is 10.1. The number of hydrogen-bond acceptors (Lipinski definition) is 5. The van der Waals surface area contributed by atoms with E-state index in [-0.39, 0.29) is 19.1 Å². The van der Waals surface area contributed by atoms with Gasteiger partial charge in [0.15, 0.2) is 0 Å². The zero-order valence-electron chi connectivity index (χ0n) is 14.3. The van der Waals surface area contributed by atoms with Crippen LogP contribution in [0.3, 0.4) is 0 Å². The van der Waals surface area contributed by atoms with Crippen molar-refractivity contribution < 1.29 is 19.1 Å². The Hall–Kier alpha value is -2.77. The predicted molar refractivity (Wildman–Crippen MR) is 102 cm³/mol. The van der Waals surface area contributed by atoms with Gasteiger partial charge in [-0.2, -0.15) is 0 Å². The summed E-state index contributed by atoms with van der Waals surface area (Å²) < 4.78 is 9.74. The molecule has 0 bridgehead atoms. The molecule has 0 radical (unpaired) electrons. The van der Waals surface area contributed by atoms with E-state index >= 15 is 0 Å². The summed E-state index contributed by atoms with van der Waals surface area (Å²) in [5, 5.41) is 8.95. The van der Waals surface area contributed by atoms with Gasteiger partial charge in [-0.25, -0.2) is 4.79 Å². The molecule has 0 atom stereocenters. The van der Waals surface area contributed by atoms with Crippen molar-refractivity contribution in [1.82, 2.24) is 0 Å². The second-order valence-electron chi connectivity index (χ2n) is 5.24. The number of methoxy groups -OCH3 is 1. The molecule has 8 heteroatoms. The molecule has 0 aliphatic heterocycles. The highest BCUT2D eigenvalue weighted by Gasteiger charge is 2.05. The van der Waals surface area contributed by atoms with Crippen molar-refractivity contribution in [3.05, 3.63) is 53.6 Å². The van der Waals surface area contributed by atoms with Crippen molar-refractivity contribution in [3.63, 3.8) is 0 Å². The molecule has 3 N–H and O–H groups in total. The van der Waals surface area contributed by atoms with Crippen molar-refractivity contribution in [3.8, 4) is 0 Å². The number of carbonyl (C=O) groups is 2. The molecule has 7 nitrogen and oxygen atoms in total. The van der Waals surface area contributed by atoms with Crippen LogP contribution in [0.15, 0.2) is 48.5 Å². The van der Waals surface area contributed by atoms with Crippen molar-refractivity contribution in [2.75, 3.05) is 42.8 Å². The van der Waals surface area contributed by atoms with Gasteiger partial charge in [-0.1, -0.05) is 17.7 Å². The second kappa shape index (κ2) is 10.3. The van der Waals surface area contributed by atoms with E-state index in [9.17, 15) is 9.59 Å². The van der Waals surface area contributed by atoms with E-state index in [2.05, 4.69) is 16.0 Å². The summed E-state index contributed by atoms with van der Waals surface area (Å²) in [6.07, 6.45) is -0.570. The Kier molecular flexibility index (Phi) is 7.73. The summed E-state index contributed by atoms with van der Waals surface area (Å²) >= 11 is 5.81. The van der Waals surface area contributed by atoms with Crippen LogP contribution < -0.4 is 16.0 Å². The van der Waals surface area contributed by atoms with Gasteiger partial charge in [-0.05, 0) is 42.5 Å². The summed E-state index contributed by atoms with van der Waals surface area (Å²) in [5.74, 6) is -0.204. The lowest BCUT2D eigenvalue weighted by molar-refractivity contribution is -0.114. The van der Waals surface area contributed by atoms with Gasteiger partial charge >= 0.3 is 6.09 Å². The van der Waals surface area contributed by atoms with E-state index in [4.69, 9.17) is 21.1 Å². The van der Waals surface area contributed by atoms with Gasteiger partial charge < -0.3 is 20.1 Å². The number of rotatable bonds is 8. The number of amides is 2. The maximum atomic E-state index is 12.0. The topological polar surface area (TPSA) is 88.7 Å². The van der Waals surface area contributed by atoms with Gasteiger partial charge in [0.1, 0.15) is 6.61 Å². The first-order valence-corrected chi connectivity index (χ1v) is 8.26. The van der Waals surface area contributed by atoms with Gasteiger partial charge in [0.05, 0.1) is 13.2 Å². The van der Waals surface area contributed by atoms with E-state index in [1.165, 1.54) is 7.11 Å². The minimum absolute atomic E-state index is 0.0738. The van der Waals surface area contributed by atoms with Crippen LogP contribution in [-0.4, -0.2) is 38.9 Å². The molecule has 0 aliphatic carbocycles. The molecule has 2 aromatic rings. The fourth-order valence-electron chi connectivity index (χ4n) is 2.00. The Bertz CT molecular complexity index is 737. The zero-order chi connectivity index (χ0) is 18.8. The number of carbonyl (C=O) groups excluding carboxylic acids is 2. The number of halogens is 1. The third-order valence-electron chi connectivity index (χ3n) is 3.21. The van der Waals surface area contributed by atoms with Crippen LogP contribution in [0.2, 0.25) is 5.02 Å². The molecule has 138 valence electrons. The molecule has 0 saturated carbocycles. The monoisotopic (exact) mass is 377 g/mol. The first-order chi connectivity index (χ1) is 12.6. The van der Waals surface area contributed by atoms with E-state index < -0.39 is 6.09 Å². The maximum Gasteiger partial charge on any atom is 0.411 e. The number of benzene rings is 2. The lowest BCUT2D eigenvalue weighted by Gasteiger charge is -2.10. The van der Waals surface area contributed by atoms with Crippen LogP contribution in [0.4, 0.5) is 21.9 Å². The standard InChI is InChI=1S/C18H20ClN3O4/c1-25-9-10-26-18(24)22-16-4-2-3-15(11-16)20-12-17(23)21-14-7-5-13(19)6-8-14/h2-8,11,20H,9-10,12H2,1H3,(H,21,23)(H,22,24). The largest absolute Gasteiger partial charge is 0.447 e. The van der Waals surface area contributed by atoms with Crippen LogP contribution >= 0.6 is 11.6 Å².